The van der Waals surface area contributed by atoms with Crippen molar-refractivity contribution in [2.75, 3.05) is 0 Å². The third-order valence-corrected chi connectivity index (χ3v) is 1.41. The highest BCUT2D eigenvalue weighted by Crippen LogP contribution is 2.07. The van der Waals surface area contributed by atoms with Crippen molar-refractivity contribution in [1.29, 1.82) is 0 Å². The highest BCUT2D eigenvalue weighted by atomic mass is 32.1. The van der Waals surface area contributed by atoms with Crippen LogP contribution in [-0.2, 0) is 4.79 Å². The molecule has 0 radical (unpaired) electrons. The van der Waals surface area contributed by atoms with Gasteiger partial charge in [-0.3, -0.25) is 4.79 Å². The molecule has 0 aromatic heterocycles. The summed E-state index contributed by atoms with van der Waals surface area (Å²) in [6.07, 6.45) is 1.13. The summed E-state index contributed by atoms with van der Waals surface area (Å²) < 4.78 is 0. The first-order chi connectivity index (χ1) is 4.52. The molecule has 60 valence electrons. The number of ketones is 1. The fourth-order valence-electron chi connectivity index (χ4n) is 0.742. The first kappa shape index (κ1) is 10.4. The van der Waals surface area contributed by atoms with Crippen LogP contribution in [0, 0.1) is 0 Å². The van der Waals surface area contributed by atoms with Crippen LogP contribution in [0.4, 0.5) is 0 Å². The Balaban J connectivity index is 3.44. The van der Waals surface area contributed by atoms with Crippen molar-refractivity contribution in [2.24, 2.45) is 0 Å². The smallest absolute Gasteiger partial charge is 0.135 e. The highest BCUT2D eigenvalue weighted by Gasteiger charge is 2.07. The van der Waals surface area contributed by atoms with Crippen LogP contribution in [-0.4, -0.2) is 16.3 Å². The van der Waals surface area contributed by atoms with Gasteiger partial charge in [0.15, 0.2) is 0 Å². The molecule has 0 amide bonds. The van der Waals surface area contributed by atoms with Crippen molar-refractivity contribution in [3.63, 3.8) is 0 Å². The van der Waals surface area contributed by atoms with Crippen molar-refractivity contribution in [1.82, 2.24) is 0 Å². The molecule has 0 saturated heterocycles. The quantitative estimate of drug-likeness (QED) is 0.629. The van der Waals surface area contributed by atoms with E-state index in [4.69, 9.17) is 0 Å². The third-order valence-electron chi connectivity index (χ3n) is 1.05. The molecule has 0 rings (SSSR count). The fraction of sp³-hybridized carbons (Fsp3) is 0.857. The summed E-state index contributed by atoms with van der Waals surface area (Å²) in [5, 5.41) is 0.360. The Bertz CT molecular complexity index is 98.2. The Kier molecular flexibility index (Phi) is 5.27. The Labute approximate surface area is 73.4 Å². The molecule has 10 heavy (non-hydrogen) atoms. The van der Waals surface area contributed by atoms with Gasteiger partial charge in [-0.25, -0.2) is 0 Å². The van der Waals surface area contributed by atoms with Crippen molar-refractivity contribution >= 4 is 31.0 Å². The van der Waals surface area contributed by atoms with Gasteiger partial charge in [-0.1, -0.05) is 13.8 Å². The second-order valence-corrected chi connectivity index (χ2v) is 4.41. The van der Waals surface area contributed by atoms with E-state index in [9.17, 15) is 4.79 Å². The average molecular weight is 178 g/mol. The zero-order valence-corrected chi connectivity index (χ0v) is 8.16. The lowest BCUT2D eigenvalue weighted by atomic mass is 10.1. The van der Waals surface area contributed by atoms with Gasteiger partial charge >= 0.3 is 0 Å². The number of rotatable bonds is 4. The number of carbonyl (C=O) groups excluding carboxylic acids is 1. The second-order valence-electron chi connectivity index (χ2n) is 2.64. The zero-order chi connectivity index (χ0) is 8.15. The summed E-state index contributed by atoms with van der Waals surface area (Å²) in [7, 11) is 0. The standard InChI is InChI=1S/C7H14OS2/c1-5(9)3-7(8)4-6(2)10/h5-6,9-10H,3-4H2,1-2H3. The molecule has 0 heterocycles. The van der Waals surface area contributed by atoms with Crippen LogP contribution in [0.25, 0.3) is 0 Å². The van der Waals surface area contributed by atoms with Gasteiger partial charge in [0, 0.05) is 23.3 Å². The maximum absolute atomic E-state index is 11.0. The molecule has 0 fully saturated rings. The number of carbonyl (C=O) groups is 1. The predicted octanol–water partition coefficient (Wildman–Crippen LogP) is 1.97. The molecule has 2 atom stereocenters. The Morgan fingerprint density at radius 3 is 1.70 bits per heavy atom. The van der Waals surface area contributed by atoms with Gasteiger partial charge < -0.3 is 0 Å². The topological polar surface area (TPSA) is 17.1 Å². The first-order valence-electron chi connectivity index (χ1n) is 3.40. The fourth-order valence-corrected chi connectivity index (χ4v) is 1.15. The molecule has 2 unspecified atom stereocenters. The molecule has 0 aromatic rings. The Morgan fingerprint density at radius 1 is 1.20 bits per heavy atom. The van der Waals surface area contributed by atoms with Crippen LogP contribution in [0.15, 0.2) is 0 Å². The summed E-state index contributed by atoms with van der Waals surface area (Å²) in [4.78, 5) is 11.0. The van der Waals surface area contributed by atoms with Crippen molar-refractivity contribution in [3.05, 3.63) is 0 Å². The van der Waals surface area contributed by atoms with Gasteiger partial charge in [-0.15, -0.1) is 0 Å². The van der Waals surface area contributed by atoms with Crippen LogP contribution in [0.3, 0.4) is 0 Å². The lowest BCUT2D eigenvalue weighted by molar-refractivity contribution is -0.118. The second kappa shape index (κ2) is 5.08. The minimum absolute atomic E-state index is 0.180. The molecule has 0 bridgehead atoms. The van der Waals surface area contributed by atoms with Crippen LogP contribution in [0.5, 0.6) is 0 Å². The van der Waals surface area contributed by atoms with E-state index in [1.165, 1.54) is 0 Å². The van der Waals surface area contributed by atoms with Crippen LogP contribution >= 0.6 is 25.3 Å². The minimum Gasteiger partial charge on any atom is -0.300 e. The van der Waals surface area contributed by atoms with Gasteiger partial charge in [0.05, 0.1) is 0 Å². The summed E-state index contributed by atoms with van der Waals surface area (Å²) in [5.41, 5.74) is 0. The van der Waals surface area contributed by atoms with Gasteiger partial charge in [-0.05, 0) is 0 Å². The van der Waals surface area contributed by atoms with E-state index in [0.29, 0.717) is 12.8 Å². The van der Waals surface area contributed by atoms with E-state index in [2.05, 4.69) is 25.3 Å². The molecule has 0 spiro atoms. The molecule has 0 aromatic carbocycles. The number of hydrogen-bond acceptors (Lipinski definition) is 3. The van der Waals surface area contributed by atoms with E-state index in [0.717, 1.165) is 0 Å². The van der Waals surface area contributed by atoms with Crippen molar-refractivity contribution < 1.29 is 4.79 Å². The first-order valence-corrected chi connectivity index (χ1v) is 4.43. The molecule has 0 N–H and O–H groups in total. The SMILES string of the molecule is CC(S)CC(=O)CC(C)S. The maximum Gasteiger partial charge on any atom is 0.135 e. The highest BCUT2D eigenvalue weighted by molar-refractivity contribution is 7.81. The van der Waals surface area contributed by atoms with Gasteiger partial charge in [0.25, 0.3) is 0 Å². The third kappa shape index (κ3) is 6.49. The van der Waals surface area contributed by atoms with E-state index in [1.54, 1.807) is 0 Å². The largest absolute Gasteiger partial charge is 0.300 e. The molecule has 3 heteroatoms. The zero-order valence-electron chi connectivity index (χ0n) is 6.37. The Hall–Kier alpha value is 0.370. The summed E-state index contributed by atoms with van der Waals surface area (Å²) in [6.45, 7) is 3.84. The van der Waals surface area contributed by atoms with E-state index in [1.807, 2.05) is 13.8 Å². The van der Waals surface area contributed by atoms with Crippen LogP contribution in [0.1, 0.15) is 26.7 Å². The number of Topliss-reactive ketones (excluding diaryl/α,β-unsaturated/α-hetero) is 1. The van der Waals surface area contributed by atoms with Gasteiger partial charge in [0.2, 0.25) is 0 Å². The van der Waals surface area contributed by atoms with Crippen molar-refractivity contribution in [3.8, 4) is 0 Å². The molecular weight excluding hydrogens is 164 g/mol. The van der Waals surface area contributed by atoms with Gasteiger partial charge in [0.1, 0.15) is 5.78 Å². The lowest BCUT2D eigenvalue weighted by Crippen LogP contribution is -2.08. The summed E-state index contributed by atoms with van der Waals surface area (Å²) in [6, 6.07) is 0. The van der Waals surface area contributed by atoms with E-state index in [-0.39, 0.29) is 16.3 Å². The van der Waals surface area contributed by atoms with Crippen molar-refractivity contribution in [2.45, 2.75) is 37.2 Å². The van der Waals surface area contributed by atoms with Gasteiger partial charge in [-0.2, -0.15) is 25.3 Å². The Morgan fingerprint density at radius 2 is 1.50 bits per heavy atom. The number of hydrogen-bond donors (Lipinski definition) is 2. The normalized spacial score (nSPS) is 16.4. The minimum atomic E-state index is 0.180. The molecular formula is C7H14OS2. The summed E-state index contributed by atoms with van der Waals surface area (Å²) >= 11 is 8.23. The van der Waals surface area contributed by atoms with Crippen LogP contribution in [0.2, 0.25) is 0 Å². The predicted molar refractivity (Wildman–Crippen MR) is 51.1 cm³/mol. The van der Waals surface area contributed by atoms with E-state index >= 15 is 0 Å². The monoisotopic (exact) mass is 178 g/mol. The maximum atomic E-state index is 11.0. The van der Waals surface area contributed by atoms with E-state index < -0.39 is 0 Å². The molecule has 0 aliphatic rings. The van der Waals surface area contributed by atoms with Crippen LogP contribution < -0.4 is 0 Å². The molecule has 0 saturated carbocycles. The molecule has 0 aliphatic heterocycles. The number of thiol groups is 2. The lowest BCUT2D eigenvalue weighted by Gasteiger charge is -2.04. The molecule has 0 aliphatic carbocycles. The average Bonchev–Trinajstić information content (AvgIpc) is 1.58. The molecule has 1 nitrogen and oxygen atoms in total. The summed E-state index contributed by atoms with van der Waals surface area (Å²) in [5.74, 6) is 0.255.